The second-order valence-electron chi connectivity index (χ2n) is 4.58. The summed E-state index contributed by atoms with van der Waals surface area (Å²) in [6, 6.07) is 13.7. The van der Waals surface area contributed by atoms with E-state index in [1.54, 1.807) is 0 Å². The Morgan fingerprint density at radius 3 is 2.32 bits per heavy atom. The Balaban J connectivity index is 2.37. The predicted molar refractivity (Wildman–Crippen MR) is 85.8 cm³/mol. The van der Waals surface area contributed by atoms with Crippen molar-refractivity contribution in [2.75, 3.05) is 0 Å². The molecular weight excluding hydrogens is 368 g/mol. The van der Waals surface area contributed by atoms with Crippen molar-refractivity contribution in [3.8, 4) is 0 Å². The summed E-state index contributed by atoms with van der Waals surface area (Å²) in [6.45, 7) is 3.95. The molecular formula is C16H14Br2O. The minimum Gasteiger partial charge on any atom is -0.293 e. The summed E-state index contributed by atoms with van der Waals surface area (Å²) in [6.07, 6.45) is 0. The largest absolute Gasteiger partial charge is 0.293 e. The van der Waals surface area contributed by atoms with Crippen LogP contribution in [0.3, 0.4) is 0 Å². The van der Waals surface area contributed by atoms with E-state index >= 15 is 0 Å². The first-order valence-electron chi connectivity index (χ1n) is 6.05. The number of ketones is 1. The van der Waals surface area contributed by atoms with Gasteiger partial charge in [0.05, 0.1) is 0 Å². The van der Waals surface area contributed by atoms with Gasteiger partial charge in [0.1, 0.15) is 0 Å². The third-order valence-electron chi connectivity index (χ3n) is 3.21. The van der Waals surface area contributed by atoms with Crippen molar-refractivity contribution in [2.45, 2.75) is 19.8 Å². The third kappa shape index (κ3) is 3.15. The lowest BCUT2D eigenvalue weighted by atomic mass is 9.92. The highest BCUT2D eigenvalue weighted by Gasteiger charge is 2.20. The number of aryl methyl sites for hydroxylation is 1. The van der Waals surface area contributed by atoms with Crippen LogP contribution in [0.4, 0.5) is 0 Å². The van der Waals surface area contributed by atoms with Crippen LogP contribution >= 0.6 is 31.9 Å². The van der Waals surface area contributed by atoms with Crippen molar-refractivity contribution < 1.29 is 4.79 Å². The van der Waals surface area contributed by atoms with Crippen LogP contribution < -0.4 is 0 Å². The summed E-state index contributed by atoms with van der Waals surface area (Å²) in [7, 11) is 0. The SMILES string of the molecule is Cc1cc(Br)c(C(=O)C(C)c2ccccc2)cc1Br. The molecule has 0 fully saturated rings. The van der Waals surface area contributed by atoms with E-state index in [0.29, 0.717) is 5.56 Å². The maximum Gasteiger partial charge on any atom is 0.171 e. The molecule has 0 heterocycles. The highest BCUT2D eigenvalue weighted by Crippen LogP contribution is 2.29. The highest BCUT2D eigenvalue weighted by atomic mass is 79.9. The van der Waals surface area contributed by atoms with Gasteiger partial charge in [0.15, 0.2) is 5.78 Å². The van der Waals surface area contributed by atoms with Gasteiger partial charge in [-0.25, -0.2) is 0 Å². The molecule has 2 rings (SSSR count). The van der Waals surface area contributed by atoms with E-state index < -0.39 is 0 Å². The molecule has 0 radical (unpaired) electrons. The molecule has 98 valence electrons. The Hall–Kier alpha value is -0.930. The molecule has 0 saturated carbocycles. The summed E-state index contributed by atoms with van der Waals surface area (Å²) in [4.78, 5) is 12.6. The number of halogens is 2. The van der Waals surface area contributed by atoms with Gasteiger partial charge in [0.25, 0.3) is 0 Å². The van der Waals surface area contributed by atoms with Crippen LogP contribution in [0.15, 0.2) is 51.4 Å². The maximum absolute atomic E-state index is 12.6. The van der Waals surface area contributed by atoms with Gasteiger partial charge in [-0.1, -0.05) is 69.1 Å². The number of benzene rings is 2. The molecule has 1 unspecified atom stereocenters. The normalized spacial score (nSPS) is 12.2. The standard InChI is InChI=1S/C16H14Br2O/c1-10-8-15(18)13(9-14(10)17)16(19)11(2)12-6-4-3-5-7-12/h3-9,11H,1-2H3. The summed E-state index contributed by atoms with van der Waals surface area (Å²) in [5.41, 5.74) is 2.86. The molecule has 19 heavy (non-hydrogen) atoms. The van der Waals surface area contributed by atoms with E-state index in [-0.39, 0.29) is 11.7 Å². The number of carbonyl (C=O) groups is 1. The lowest BCUT2D eigenvalue weighted by Crippen LogP contribution is -2.10. The van der Waals surface area contributed by atoms with Crippen LogP contribution in [-0.2, 0) is 0 Å². The molecule has 0 aromatic heterocycles. The van der Waals surface area contributed by atoms with E-state index in [0.717, 1.165) is 20.1 Å². The van der Waals surface area contributed by atoms with Gasteiger partial charge in [-0.15, -0.1) is 0 Å². The van der Waals surface area contributed by atoms with Crippen molar-refractivity contribution >= 4 is 37.6 Å². The second-order valence-corrected chi connectivity index (χ2v) is 6.29. The first-order valence-corrected chi connectivity index (χ1v) is 7.64. The fraction of sp³-hybridized carbons (Fsp3) is 0.188. The molecule has 1 nitrogen and oxygen atoms in total. The first-order chi connectivity index (χ1) is 9.00. The van der Waals surface area contributed by atoms with Gasteiger partial charge >= 0.3 is 0 Å². The summed E-state index contributed by atoms with van der Waals surface area (Å²) < 4.78 is 1.81. The van der Waals surface area contributed by atoms with Gasteiger partial charge in [0, 0.05) is 20.4 Å². The quantitative estimate of drug-likeness (QED) is 0.641. The molecule has 2 aromatic rings. The van der Waals surface area contributed by atoms with Crippen LogP contribution in [0.25, 0.3) is 0 Å². The van der Waals surface area contributed by atoms with Crippen molar-refractivity contribution in [1.29, 1.82) is 0 Å². The fourth-order valence-electron chi connectivity index (χ4n) is 1.96. The van der Waals surface area contributed by atoms with Gasteiger partial charge < -0.3 is 0 Å². The molecule has 2 aromatic carbocycles. The summed E-state index contributed by atoms with van der Waals surface area (Å²) in [5.74, 6) is -0.0223. The molecule has 0 saturated heterocycles. The van der Waals surface area contributed by atoms with Crippen LogP contribution in [-0.4, -0.2) is 5.78 Å². The van der Waals surface area contributed by atoms with E-state index in [4.69, 9.17) is 0 Å². The van der Waals surface area contributed by atoms with Gasteiger partial charge in [-0.05, 0) is 30.2 Å². The Kier molecular flexibility index (Phi) is 4.58. The molecule has 0 N–H and O–H groups in total. The minimum absolute atomic E-state index is 0.124. The predicted octanol–water partition coefficient (Wildman–Crippen LogP) is 5.51. The number of carbonyl (C=O) groups excluding carboxylic acids is 1. The van der Waals surface area contributed by atoms with Crippen molar-refractivity contribution in [3.05, 3.63) is 68.1 Å². The molecule has 1 atom stereocenters. The molecule has 0 spiro atoms. The molecule has 0 aliphatic heterocycles. The smallest absolute Gasteiger partial charge is 0.171 e. The van der Waals surface area contributed by atoms with Crippen LogP contribution in [0.5, 0.6) is 0 Å². The minimum atomic E-state index is -0.146. The van der Waals surface area contributed by atoms with Gasteiger partial charge in [-0.3, -0.25) is 4.79 Å². The van der Waals surface area contributed by atoms with E-state index in [2.05, 4.69) is 31.9 Å². The summed E-state index contributed by atoms with van der Waals surface area (Å²) >= 11 is 6.96. The topological polar surface area (TPSA) is 17.1 Å². The average Bonchev–Trinajstić information content (AvgIpc) is 2.42. The number of rotatable bonds is 3. The Bertz CT molecular complexity index is 606. The van der Waals surface area contributed by atoms with Crippen LogP contribution in [0, 0.1) is 6.92 Å². The van der Waals surface area contributed by atoms with E-state index in [1.165, 1.54) is 0 Å². The lowest BCUT2D eigenvalue weighted by Gasteiger charge is -2.13. The average molecular weight is 382 g/mol. The van der Waals surface area contributed by atoms with Gasteiger partial charge in [0.2, 0.25) is 0 Å². The summed E-state index contributed by atoms with van der Waals surface area (Å²) in [5, 5.41) is 0. The number of hydrogen-bond donors (Lipinski definition) is 0. The zero-order chi connectivity index (χ0) is 14.0. The van der Waals surface area contributed by atoms with E-state index in [1.807, 2.05) is 56.3 Å². The molecule has 0 amide bonds. The third-order valence-corrected chi connectivity index (χ3v) is 4.72. The Morgan fingerprint density at radius 1 is 1.05 bits per heavy atom. The molecule has 0 aliphatic rings. The zero-order valence-electron chi connectivity index (χ0n) is 10.8. The number of Topliss-reactive ketones (excluding diaryl/α,β-unsaturated/α-hetero) is 1. The molecule has 0 aliphatic carbocycles. The van der Waals surface area contributed by atoms with Gasteiger partial charge in [-0.2, -0.15) is 0 Å². The Morgan fingerprint density at radius 2 is 1.68 bits per heavy atom. The molecule has 0 bridgehead atoms. The lowest BCUT2D eigenvalue weighted by molar-refractivity contribution is 0.0965. The van der Waals surface area contributed by atoms with Crippen LogP contribution in [0.1, 0.15) is 34.3 Å². The Labute approximate surface area is 130 Å². The van der Waals surface area contributed by atoms with Crippen molar-refractivity contribution in [3.63, 3.8) is 0 Å². The van der Waals surface area contributed by atoms with E-state index in [9.17, 15) is 4.79 Å². The second kappa shape index (κ2) is 6.02. The number of hydrogen-bond acceptors (Lipinski definition) is 1. The zero-order valence-corrected chi connectivity index (χ0v) is 14.0. The monoisotopic (exact) mass is 380 g/mol. The van der Waals surface area contributed by atoms with Crippen molar-refractivity contribution in [1.82, 2.24) is 0 Å². The maximum atomic E-state index is 12.6. The van der Waals surface area contributed by atoms with Crippen molar-refractivity contribution in [2.24, 2.45) is 0 Å². The highest BCUT2D eigenvalue weighted by molar-refractivity contribution is 9.11. The molecule has 3 heteroatoms. The fourth-order valence-corrected chi connectivity index (χ4v) is 2.96. The first kappa shape index (κ1) is 14.5. The van der Waals surface area contributed by atoms with Crippen LogP contribution in [0.2, 0.25) is 0 Å².